The number of aromatic nitrogens is 1. The van der Waals surface area contributed by atoms with E-state index < -0.39 is 4.92 Å². The van der Waals surface area contributed by atoms with E-state index in [-0.39, 0.29) is 11.6 Å². The topological polar surface area (TPSA) is 106 Å². The first-order chi connectivity index (χ1) is 14.1. The number of nitro groups is 1. The van der Waals surface area contributed by atoms with Gasteiger partial charge in [-0.25, -0.2) is 0 Å². The van der Waals surface area contributed by atoms with Crippen LogP contribution in [0.2, 0.25) is 0 Å². The van der Waals surface area contributed by atoms with Gasteiger partial charge in [0, 0.05) is 37.1 Å². The molecule has 0 saturated carbocycles. The molecule has 2 N–H and O–H groups in total. The molecule has 8 heteroatoms. The van der Waals surface area contributed by atoms with Crippen molar-refractivity contribution in [2.75, 3.05) is 18.4 Å². The summed E-state index contributed by atoms with van der Waals surface area (Å²) >= 11 is 0. The van der Waals surface area contributed by atoms with Gasteiger partial charge in [0.05, 0.1) is 4.92 Å². The SMILES string of the molecule is O=C(NCCNc1ccccc1[N+](=O)[O-])c1ccc(OCc2ccncc2)cc1. The molecule has 0 spiro atoms. The molecular formula is C21H20N4O4. The van der Waals surface area contributed by atoms with Crippen LogP contribution in [0.1, 0.15) is 15.9 Å². The van der Waals surface area contributed by atoms with Crippen LogP contribution in [0, 0.1) is 10.1 Å². The highest BCUT2D eigenvalue weighted by Gasteiger charge is 2.11. The first-order valence-electron chi connectivity index (χ1n) is 9.01. The lowest BCUT2D eigenvalue weighted by molar-refractivity contribution is -0.384. The summed E-state index contributed by atoms with van der Waals surface area (Å²) < 4.78 is 5.68. The van der Waals surface area contributed by atoms with Crippen molar-refractivity contribution in [3.63, 3.8) is 0 Å². The fourth-order valence-corrected chi connectivity index (χ4v) is 2.61. The van der Waals surface area contributed by atoms with Crippen LogP contribution in [0.3, 0.4) is 0 Å². The van der Waals surface area contributed by atoms with Crippen molar-refractivity contribution in [2.24, 2.45) is 0 Å². The zero-order valence-electron chi connectivity index (χ0n) is 15.6. The lowest BCUT2D eigenvalue weighted by Crippen LogP contribution is -2.28. The number of amides is 1. The van der Waals surface area contributed by atoms with E-state index in [9.17, 15) is 14.9 Å². The van der Waals surface area contributed by atoms with Crippen molar-refractivity contribution in [3.8, 4) is 5.75 Å². The molecular weight excluding hydrogens is 372 g/mol. The van der Waals surface area contributed by atoms with E-state index in [1.807, 2.05) is 12.1 Å². The quantitative estimate of drug-likeness (QED) is 0.328. The Bertz CT molecular complexity index is 962. The smallest absolute Gasteiger partial charge is 0.292 e. The molecule has 1 aromatic heterocycles. The van der Waals surface area contributed by atoms with Crippen LogP contribution in [0.15, 0.2) is 73.1 Å². The van der Waals surface area contributed by atoms with Gasteiger partial charge >= 0.3 is 0 Å². The third kappa shape index (κ3) is 5.77. The van der Waals surface area contributed by atoms with Crippen LogP contribution in [0.4, 0.5) is 11.4 Å². The third-order valence-corrected chi connectivity index (χ3v) is 4.10. The summed E-state index contributed by atoms with van der Waals surface area (Å²) in [7, 11) is 0. The number of hydrogen-bond acceptors (Lipinski definition) is 6. The van der Waals surface area contributed by atoms with E-state index in [1.165, 1.54) is 6.07 Å². The summed E-state index contributed by atoms with van der Waals surface area (Å²) in [5, 5.41) is 16.7. The van der Waals surface area contributed by atoms with Gasteiger partial charge in [-0.15, -0.1) is 0 Å². The highest BCUT2D eigenvalue weighted by Crippen LogP contribution is 2.22. The Morgan fingerprint density at radius 3 is 2.45 bits per heavy atom. The summed E-state index contributed by atoms with van der Waals surface area (Å²) in [6, 6.07) is 17.0. The van der Waals surface area contributed by atoms with Crippen molar-refractivity contribution in [1.82, 2.24) is 10.3 Å². The molecule has 1 amide bonds. The maximum absolute atomic E-state index is 12.2. The van der Waals surface area contributed by atoms with E-state index in [2.05, 4.69) is 15.6 Å². The van der Waals surface area contributed by atoms with E-state index in [0.29, 0.717) is 36.7 Å². The Labute approximate surface area is 167 Å². The van der Waals surface area contributed by atoms with E-state index in [1.54, 1.807) is 54.9 Å². The molecule has 1 heterocycles. The number of nitrogens with one attached hydrogen (secondary N) is 2. The van der Waals surface area contributed by atoms with Crippen molar-refractivity contribution in [2.45, 2.75) is 6.61 Å². The van der Waals surface area contributed by atoms with E-state index in [0.717, 1.165) is 5.56 Å². The first kappa shape index (κ1) is 19.8. The summed E-state index contributed by atoms with van der Waals surface area (Å²) in [6.07, 6.45) is 3.41. The molecule has 8 nitrogen and oxygen atoms in total. The predicted octanol–water partition coefficient (Wildman–Crippen LogP) is 3.41. The van der Waals surface area contributed by atoms with Gasteiger partial charge < -0.3 is 15.4 Å². The van der Waals surface area contributed by atoms with Crippen molar-refractivity contribution >= 4 is 17.3 Å². The molecule has 0 fully saturated rings. The average Bonchev–Trinajstić information content (AvgIpc) is 2.76. The average molecular weight is 392 g/mol. The molecule has 0 aliphatic heterocycles. The molecule has 0 aliphatic carbocycles. The number of anilines is 1. The number of ether oxygens (including phenoxy) is 1. The molecule has 0 aliphatic rings. The molecule has 3 aromatic rings. The predicted molar refractivity (Wildman–Crippen MR) is 109 cm³/mol. The van der Waals surface area contributed by atoms with Gasteiger partial charge in [-0.2, -0.15) is 0 Å². The normalized spacial score (nSPS) is 10.2. The molecule has 3 rings (SSSR count). The zero-order chi connectivity index (χ0) is 20.5. The summed E-state index contributed by atoms with van der Waals surface area (Å²) in [6.45, 7) is 1.11. The maximum Gasteiger partial charge on any atom is 0.292 e. The van der Waals surface area contributed by atoms with E-state index >= 15 is 0 Å². The van der Waals surface area contributed by atoms with Gasteiger partial charge in [0.25, 0.3) is 11.6 Å². The van der Waals surface area contributed by atoms with Crippen LogP contribution in [0.25, 0.3) is 0 Å². The number of nitrogens with zero attached hydrogens (tertiary/aromatic N) is 2. The van der Waals surface area contributed by atoms with Gasteiger partial charge in [-0.05, 0) is 48.0 Å². The highest BCUT2D eigenvalue weighted by molar-refractivity contribution is 5.94. The molecule has 0 saturated heterocycles. The number of pyridine rings is 1. The van der Waals surface area contributed by atoms with Gasteiger partial charge in [-0.3, -0.25) is 19.9 Å². The van der Waals surface area contributed by atoms with Crippen molar-refractivity contribution in [3.05, 3.63) is 94.3 Å². The monoisotopic (exact) mass is 392 g/mol. The minimum atomic E-state index is -0.445. The standard InChI is InChI=1S/C21H20N4O4/c26-21(24-14-13-23-19-3-1-2-4-20(19)25(27)28)17-5-7-18(8-6-17)29-15-16-9-11-22-12-10-16/h1-12,23H,13-15H2,(H,24,26). The second kappa shape index (κ2) is 9.84. The van der Waals surface area contributed by atoms with Crippen LogP contribution in [-0.4, -0.2) is 28.9 Å². The Hall–Kier alpha value is -3.94. The van der Waals surface area contributed by atoms with Crippen LogP contribution >= 0.6 is 0 Å². The van der Waals surface area contributed by atoms with E-state index in [4.69, 9.17) is 4.74 Å². The van der Waals surface area contributed by atoms with Crippen LogP contribution < -0.4 is 15.4 Å². The number of hydrogen-bond donors (Lipinski definition) is 2. The maximum atomic E-state index is 12.2. The minimum absolute atomic E-state index is 0.00109. The lowest BCUT2D eigenvalue weighted by atomic mass is 10.2. The highest BCUT2D eigenvalue weighted by atomic mass is 16.6. The second-order valence-corrected chi connectivity index (χ2v) is 6.13. The van der Waals surface area contributed by atoms with Gasteiger partial charge in [-0.1, -0.05) is 12.1 Å². The van der Waals surface area contributed by atoms with Crippen molar-refractivity contribution < 1.29 is 14.5 Å². The molecule has 29 heavy (non-hydrogen) atoms. The molecule has 2 aromatic carbocycles. The van der Waals surface area contributed by atoms with Gasteiger partial charge in [0.2, 0.25) is 0 Å². The molecule has 148 valence electrons. The van der Waals surface area contributed by atoms with Gasteiger partial charge in [0.1, 0.15) is 18.0 Å². The first-order valence-corrected chi connectivity index (χ1v) is 9.01. The molecule has 0 atom stereocenters. The fourth-order valence-electron chi connectivity index (χ4n) is 2.61. The van der Waals surface area contributed by atoms with Crippen molar-refractivity contribution in [1.29, 1.82) is 0 Å². The Morgan fingerprint density at radius 1 is 1.00 bits per heavy atom. The molecule has 0 radical (unpaired) electrons. The summed E-state index contributed by atoms with van der Waals surface area (Å²) in [5.74, 6) is 0.437. The number of carbonyl (C=O) groups excluding carboxylic acids is 1. The zero-order valence-corrected chi connectivity index (χ0v) is 15.6. The number of para-hydroxylation sites is 2. The fraction of sp³-hybridized carbons (Fsp3) is 0.143. The van der Waals surface area contributed by atoms with Crippen LogP contribution in [0.5, 0.6) is 5.75 Å². The van der Waals surface area contributed by atoms with Crippen LogP contribution in [-0.2, 0) is 6.61 Å². The number of rotatable bonds is 9. The number of benzene rings is 2. The number of carbonyl (C=O) groups is 1. The largest absolute Gasteiger partial charge is 0.489 e. The Balaban J connectivity index is 1.44. The number of nitro benzene ring substituents is 1. The Kier molecular flexibility index (Phi) is 6.72. The molecule has 0 unspecified atom stereocenters. The van der Waals surface area contributed by atoms with Gasteiger partial charge in [0.15, 0.2) is 0 Å². The Morgan fingerprint density at radius 2 is 1.72 bits per heavy atom. The second-order valence-electron chi connectivity index (χ2n) is 6.13. The third-order valence-electron chi connectivity index (χ3n) is 4.10. The summed E-state index contributed by atoms with van der Waals surface area (Å²) in [5.41, 5.74) is 1.93. The molecule has 0 bridgehead atoms. The minimum Gasteiger partial charge on any atom is -0.489 e. The summed E-state index contributed by atoms with van der Waals surface area (Å²) in [4.78, 5) is 26.7. The lowest BCUT2D eigenvalue weighted by Gasteiger charge is -2.09.